The van der Waals surface area contributed by atoms with E-state index in [4.69, 9.17) is 5.26 Å². The maximum Gasteiger partial charge on any atom is 0.0991 e. The summed E-state index contributed by atoms with van der Waals surface area (Å²) in [4.78, 5) is 0. The normalized spacial score (nSPS) is 12.9. The van der Waals surface area contributed by atoms with Crippen LogP contribution in [0.25, 0.3) is 0 Å². The van der Waals surface area contributed by atoms with Crippen LogP contribution in [0.2, 0.25) is 0 Å². The van der Waals surface area contributed by atoms with Gasteiger partial charge in [0.05, 0.1) is 17.2 Å². The maximum atomic E-state index is 10.6. The number of rotatable bonds is 8. The molecule has 0 radical (unpaired) electrons. The van der Waals surface area contributed by atoms with Crippen molar-refractivity contribution in [2.75, 3.05) is 6.54 Å². The zero-order valence-corrected chi connectivity index (χ0v) is 12.8. The molecule has 0 saturated carbocycles. The lowest BCUT2D eigenvalue weighted by molar-refractivity contribution is 0.0196. The molecule has 2 N–H and O–H groups in total. The van der Waals surface area contributed by atoms with E-state index in [9.17, 15) is 5.11 Å². The number of aliphatic hydroxyl groups is 1. The highest BCUT2D eigenvalue weighted by atomic mass is 16.3. The van der Waals surface area contributed by atoms with Gasteiger partial charge in [-0.2, -0.15) is 5.26 Å². The second kappa shape index (κ2) is 8.04. The fourth-order valence-corrected chi connectivity index (χ4v) is 2.57. The molecule has 0 heterocycles. The summed E-state index contributed by atoms with van der Waals surface area (Å²) >= 11 is 0. The average molecular weight is 274 g/mol. The second-order valence-electron chi connectivity index (χ2n) is 5.56. The van der Waals surface area contributed by atoms with E-state index in [1.807, 2.05) is 18.2 Å². The molecule has 0 aliphatic rings. The van der Waals surface area contributed by atoms with Crippen molar-refractivity contribution in [1.82, 2.24) is 5.32 Å². The molecule has 1 aromatic rings. The lowest BCUT2D eigenvalue weighted by Gasteiger charge is -2.29. The van der Waals surface area contributed by atoms with E-state index in [0.717, 1.165) is 31.2 Å². The summed E-state index contributed by atoms with van der Waals surface area (Å²) in [5.74, 6) is 0. The van der Waals surface area contributed by atoms with Crippen LogP contribution in [0.3, 0.4) is 0 Å². The van der Waals surface area contributed by atoms with E-state index in [2.05, 4.69) is 32.2 Å². The van der Waals surface area contributed by atoms with Crippen LogP contribution in [0.4, 0.5) is 0 Å². The molecular formula is C17H26N2O. The second-order valence-corrected chi connectivity index (χ2v) is 5.56. The van der Waals surface area contributed by atoms with Gasteiger partial charge >= 0.3 is 0 Å². The van der Waals surface area contributed by atoms with E-state index in [0.29, 0.717) is 12.1 Å². The molecule has 0 saturated heterocycles. The van der Waals surface area contributed by atoms with Gasteiger partial charge in [0.15, 0.2) is 0 Å². The maximum absolute atomic E-state index is 10.6. The SMILES string of the molecule is CCCC(O)(CCC)CNC(C)c1cccc(C#N)c1. The number of nitrogens with zero attached hydrogens (tertiary/aromatic N) is 1. The average Bonchev–Trinajstić information content (AvgIpc) is 2.45. The Balaban J connectivity index is 2.65. The lowest BCUT2D eigenvalue weighted by Crippen LogP contribution is -2.41. The molecule has 20 heavy (non-hydrogen) atoms. The van der Waals surface area contributed by atoms with Crippen LogP contribution in [0.1, 0.15) is 63.6 Å². The third kappa shape index (κ3) is 4.96. The topological polar surface area (TPSA) is 56.0 Å². The zero-order valence-electron chi connectivity index (χ0n) is 12.8. The molecule has 1 rings (SSSR count). The molecule has 0 aromatic heterocycles. The van der Waals surface area contributed by atoms with Gasteiger partial charge in [-0.1, -0.05) is 38.8 Å². The summed E-state index contributed by atoms with van der Waals surface area (Å²) in [6, 6.07) is 9.90. The molecule has 1 aromatic carbocycles. The van der Waals surface area contributed by atoms with E-state index >= 15 is 0 Å². The molecule has 0 aliphatic carbocycles. The first-order valence-corrected chi connectivity index (χ1v) is 7.50. The highest BCUT2D eigenvalue weighted by molar-refractivity contribution is 5.34. The van der Waals surface area contributed by atoms with Crippen LogP contribution in [0.5, 0.6) is 0 Å². The van der Waals surface area contributed by atoms with Gasteiger partial charge in [0.2, 0.25) is 0 Å². The third-order valence-electron chi connectivity index (χ3n) is 3.68. The summed E-state index contributed by atoms with van der Waals surface area (Å²) in [6.45, 7) is 6.85. The molecule has 0 amide bonds. The van der Waals surface area contributed by atoms with Crippen molar-refractivity contribution in [1.29, 1.82) is 5.26 Å². The monoisotopic (exact) mass is 274 g/mol. The van der Waals surface area contributed by atoms with Gasteiger partial charge in [0.1, 0.15) is 0 Å². The van der Waals surface area contributed by atoms with Crippen molar-refractivity contribution in [2.24, 2.45) is 0 Å². The molecule has 1 unspecified atom stereocenters. The molecular weight excluding hydrogens is 248 g/mol. The highest BCUT2D eigenvalue weighted by Crippen LogP contribution is 2.21. The molecule has 3 heteroatoms. The quantitative estimate of drug-likeness (QED) is 0.762. The van der Waals surface area contributed by atoms with Crippen LogP contribution in [0, 0.1) is 11.3 Å². The van der Waals surface area contributed by atoms with Crippen LogP contribution in [0.15, 0.2) is 24.3 Å². The van der Waals surface area contributed by atoms with Crippen LogP contribution < -0.4 is 5.32 Å². The van der Waals surface area contributed by atoms with Crippen LogP contribution >= 0.6 is 0 Å². The molecule has 110 valence electrons. The van der Waals surface area contributed by atoms with Gasteiger partial charge in [-0.3, -0.25) is 0 Å². The van der Waals surface area contributed by atoms with Gasteiger partial charge in [0.25, 0.3) is 0 Å². The number of nitriles is 1. The Morgan fingerprint density at radius 2 is 1.95 bits per heavy atom. The Kier molecular flexibility index (Phi) is 6.70. The van der Waals surface area contributed by atoms with Gasteiger partial charge in [0, 0.05) is 12.6 Å². The highest BCUT2D eigenvalue weighted by Gasteiger charge is 2.25. The minimum Gasteiger partial charge on any atom is -0.389 e. The Bertz CT molecular complexity index is 445. The Morgan fingerprint density at radius 3 is 2.50 bits per heavy atom. The largest absolute Gasteiger partial charge is 0.389 e. The number of nitrogens with one attached hydrogen (secondary N) is 1. The van der Waals surface area contributed by atoms with E-state index in [1.165, 1.54) is 0 Å². The molecule has 0 fully saturated rings. The van der Waals surface area contributed by atoms with Gasteiger partial charge < -0.3 is 10.4 Å². The molecule has 3 nitrogen and oxygen atoms in total. The van der Waals surface area contributed by atoms with Crippen molar-refractivity contribution >= 4 is 0 Å². The minimum atomic E-state index is -0.620. The first-order chi connectivity index (χ1) is 9.54. The Hall–Kier alpha value is -1.37. The first-order valence-electron chi connectivity index (χ1n) is 7.50. The number of hydrogen-bond donors (Lipinski definition) is 2. The predicted octanol–water partition coefficient (Wildman–Crippen LogP) is 3.54. The molecule has 1 atom stereocenters. The van der Waals surface area contributed by atoms with Crippen molar-refractivity contribution < 1.29 is 5.11 Å². The van der Waals surface area contributed by atoms with Crippen molar-refractivity contribution in [3.8, 4) is 6.07 Å². The standard InChI is InChI=1S/C17H26N2O/c1-4-9-17(20,10-5-2)13-19-14(3)16-8-6-7-15(11-16)12-18/h6-8,11,14,19-20H,4-5,9-10,13H2,1-3H3. The minimum absolute atomic E-state index is 0.128. The fraction of sp³-hybridized carbons (Fsp3) is 0.588. The van der Waals surface area contributed by atoms with E-state index < -0.39 is 5.60 Å². The molecule has 0 aliphatic heterocycles. The van der Waals surface area contributed by atoms with E-state index in [-0.39, 0.29) is 6.04 Å². The first kappa shape index (κ1) is 16.7. The fourth-order valence-electron chi connectivity index (χ4n) is 2.57. The lowest BCUT2D eigenvalue weighted by atomic mass is 9.92. The van der Waals surface area contributed by atoms with Crippen molar-refractivity contribution in [3.05, 3.63) is 35.4 Å². The summed E-state index contributed by atoms with van der Waals surface area (Å²) in [5.41, 5.74) is 1.14. The van der Waals surface area contributed by atoms with Crippen LogP contribution in [-0.2, 0) is 0 Å². The number of benzene rings is 1. The summed E-state index contributed by atoms with van der Waals surface area (Å²) < 4.78 is 0. The van der Waals surface area contributed by atoms with Gasteiger partial charge in [-0.15, -0.1) is 0 Å². The molecule has 0 bridgehead atoms. The number of hydrogen-bond acceptors (Lipinski definition) is 3. The zero-order chi connectivity index (χ0) is 15.0. The van der Waals surface area contributed by atoms with Gasteiger partial charge in [-0.25, -0.2) is 0 Å². The Labute approximate surface area is 122 Å². The molecule has 0 spiro atoms. The van der Waals surface area contributed by atoms with Gasteiger partial charge in [-0.05, 0) is 37.5 Å². The smallest absolute Gasteiger partial charge is 0.0991 e. The van der Waals surface area contributed by atoms with Crippen molar-refractivity contribution in [2.45, 2.75) is 58.1 Å². The third-order valence-corrected chi connectivity index (χ3v) is 3.68. The van der Waals surface area contributed by atoms with Crippen LogP contribution in [-0.4, -0.2) is 17.3 Å². The van der Waals surface area contributed by atoms with E-state index in [1.54, 1.807) is 6.07 Å². The van der Waals surface area contributed by atoms with Crippen molar-refractivity contribution in [3.63, 3.8) is 0 Å². The summed E-state index contributed by atoms with van der Waals surface area (Å²) in [6.07, 6.45) is 3.60. The summed E-state index contributed by atoms with van der Waals surface area (Å²) in [5, 5.41) is 22.9. The summed E-state index contributed by atoms with van der Waals surface area (Å²) in [7, 11) is 0. The Morgan fingerprint density at radius 1 is 1.30 bits per heavy atom. The predicted molar refractivity (Wildman–Crippen MR) is 82.3 cm³/mol.